The number of hydrogen-bond acceptors (Lipinski definition) is 3. The van der Waals surface area contributed by atoms with Crippen LogP contribution >= 0.6 is 0 Å². The molecule has 1 aliphatic heterocycles. The second-order valence-electron chi connectivity index (χ2n) is 7.57. The molecule has 3 N–H and O–H groups in total. The van der Waals surface area contributed by atoms with E-state index < -0.39 is 5.82 Å². The monoisotopic (exact) mass is 403 g/mol. The maximum atomic E-state index is 13.9. The lowest BCUT2D eigenvalue weighted by Crippen LogP contribution is -3.28. The highest BCUT2D eigenvalue weighted by atomic mass is 19.1. The molecule has 156 valence electrons. The molecule has 0 aromatic heterocycles. The van der Waals surface area contributed by atoms with Crippen LogP contribution < -0.4 is 24.6 Å². The zero-order valence-corrected chi connectivity index (χ0v) is 17.3. The Labute approximate surface area is 171 Å². The Kier molecular flexibility index (Phi) is 7.06. The number of ether oxygens (including phenoxy) is 2. The highest BCUT2D eigenvalue weighted by Gasteiger charge is 2.25. The molecule has 0 bridgehead atoms. The number of carbonyl (C=O) groups is 1. The minimum absolute atomic E-state index is 0.147. The summed E-state index contributed by atoms with van der Waals surface area (Å²) in [5.74, 6) is 0.939. The number of aryl methyl sites for hydroxylation is 1. The Hall–Kier alpha value is -2.64. The first-order valence-electron chi connectivity index (χ1n) is 9.92. The summed E-state index contributed by atoms with van der Waals surface area (Å²) in [4.78, 5) is 15.0. The van der Waals surface area contributed by atoms with Crippen LogP contribution in [0.1, 0.15) is 11.1 Å². The molecule has 2 aromatic carbocycles. The zero-order chi connectivity index (χ0) is 20.8. The van der Waals surface area contributed by atoms with Gasteiger partial charge in [0.2, 0.25) is 0 Å². The molecule has 1 aliphatic rings. The number of rotatable bonds is 7. The Balaban J connectivity index is 1.47. The number of anilines is 1. The van der Waals surface area contributed by atoms with Gasteiger partial charge in [-0.2, -0.15) is 0 Å². The quantitative estimate of drug-likeness (QED) is 0.614. The molecular weight excluding hydrogens is 373 g/mol. The van der Waals surface area contributed by atoms with Crippen LogP contribution in [0.4, 0.5) is 10.1 Å². The van der Waals surface area contributed by atoms with Crippen molar-refractivity contribution in [3.05, 3.63) is 53.3 Å². The number of halogens is 1. The molecule has 1 amide bonds. The number of quaternary nitrogens is 2. The highest BCUT2D eigenvalue weighted by Crippen LogP contribution is 2.27. The average Bonchev–Trinajstić information content (AvgIpc) is 2.71. The standard InChI is InChI=1S/C22H28FN3O3/c1-16-4-6-19(18(23)12-16)24-22(27)15-26-10-8-25(9-11-26)14-17-5-7-20(28-2)21(13-17)29-3/h4-7,12-13H,8-11,14-15H2,1-3H3,(H,24,27)/p+2. The number of carbonyl (C=O) groups excluding carboxylic acids is 1. The second-order valence-corrected chi connectivity index (χ2v) is 7.57. The van der Waals surface area contributed by atoms with Crippen molar-refractivity contribution < 1.29 is 28.5 Å². The molecule has 2 aromatic rings. The first kappa shape index (κ1) is 21.1. The fourth-order valence-corrected chi connectivity index (χ4v) is 3.73. The molecule has 0 spiro atoms. The summed E-state index contributed by atoms with van der Waals surface area (Å²) >= 11 is 0. The molecule has 1 saturated heterocycles. The third-order valence-electron chi connectivity index (χ3n) is 5.38. The number of benzene rings is 2. The third kappa shape index (κ3) is 5.68. The first-order chi connectivity index (χ1) is 14.0. The van der Waals surface area contributed by atoms with Gasteiger partial charge in [-0.15, -0.1) is 0 Å². The normalized spacial score (nSPS) is 18.9. The van der Waals surface area contributed by atoms with E-state index in [0.29, 0.717) is 6.54 Å². The minimum Gasteiger partial charge on any atom is -0.493 e. The predicted molar refractivity (Wildman–Crippen MR) is 109 cm³/mol. The van der Waals surface area contributed by atoms with Gasteiger partial charge in [-0.05, 0) is 42.8 Å². The zero-order valence-electron chi connectivity index (χ0n) is 17.3. The maximum Gasteiger partial charge on any atom is 0.279 e. The molecule has 1 heterocycles. The van der Waals surface area contributed by atoms with Crippen LogP contribution in [0, 0.1) is 12.7 Å². The van der Waals surface area contributed by atoms with Crippen molar-refractivity contribution in [1.29, 1.82) is 0 Å². The van der Waals surface area contributed by atoms with Crippen molar-refractivity contribution in [3.8, 4) is 11.5 Å². The van der Waals surface area contributed by atoms with Crippen molar-refractivity contribution in [3.63, 3.8) is 0 Å². The number of methoxy groups -OCH3 is 2. The van der Waals surface area contributed by atoms with Gasteiger partial charge in [-0.3, -0.25) is 4.79 Å². The molecule has 7 heteroatoms. The molecule has 0 aliphatic carbocycles. The van der Waals surface area contributed by atoms with Gasteiger partial charge in [0.25, 0.3) is 5.91 Å². The van der Waals surface area contributed by atoms with Gasteiger partial charge in [0.1, 0.15) is 38.5 Å². The average molecular weight is 403 g/mol. The Morgan fingerprint density at radius 2 is 1.69 bits per heavy atom. The summed E-state index contributed by atoms with van der Waals surface area (Å²) in [6.45, 7) is 6.87. The topological polar surface area (TPSA) is 56.4 Å². The lowest BCUT2D eigenvalue weighted by molar-refractivity contribution is -1.02. The Morgan fingerprint density at radius 1 is 1.00 bits per heavy atom. The van der Waals surface area contributed by atoms with E-state index >= 15 is 0 Å². The van der Waals surface area contributed by atoms with Gasteiger partial charge in [0, 0.05) is 5.56 Å². The number of hydrogen-bond donors (Lipinski definition) is 3. The van der Waals surface area contributed by atoms with E-state index in [0.717, 1.165) is 49.8 Å². The van der Waals surface area contributed by atoms with Gasteiger partial charge < -0.3 is 24.6 Å². The van der Waals surface area contributed by atoms with Gasteiger partial charge in [-0.25, -0.2) is 4.39 Å². The van der Waals surface area contributed by atoms with Gasteiger partial charge in [-0.1, -0.05) is 6.07 Å². The summed E-state index contributed by atoms with van der Waals surface area (Å²) in [7, 11) is 3.28. The fourth-order valence-electron chi connectivity index (χ4n) is 3.73. The molecule has 0 saturated carbocycles. The van der Waals surface area contributed by atoms with Gasteiger partial charge >= 0.3 is 0 Å². The molecule has 3 rings (SSSR count). The van der Waals surface area contributed by atoms with Crippen molar-refractivity contribution in [2.75, 3.05) is 52.3 Å². The SMILES string of the molecule is COc1ccc(C[NH+]2CC[NH+](CC(=O)Nc3ccc(C)cc3F)CC2)cc1OC. The molecule has 29 heavy (non-hydrogen) atoms. The molecule has 0 unspecified atom stereocenters. The summed E-state index contributed by atoms with van der Waals surface area (Å²) in [6.07, 6.45) is 0. The highest BCUT2D eigenvalue weighted by molar-refractivity contribution is 5.91. The van der Waals surface area contributed by atoms with E-state index in [2.05, 4.69) is 11.4 Å². The smallest absolute Gasteiger partial charge is 0.279 e. The Bertz CT molecular complexity index is 851. The van der Waals surface area contributed by atoms with Crippen LogP contribution in [0.2, 0.25) is 0 Å². The van der Waals surface area contributed by atoms with Crippen molar-refractivity contribution in [1.82, 2.24) is 0 Å². The van der Waals surface area contributed by atoms with Gasteiger partial charge in [0.05, 0.1) is 19.9 Å². The van der Waals surface area contributed by atoms with E-state index in [9.17, 15) is 9.18 Å². The van der Waals surface area contributed by atoms with E-state index in [1.165, 1.54) is 21.4 Å². The van der Waals surface area contributed by atoms with Crippen molar-refractivity contribution in [2.24, 2.45) is 0 Å². The molecular formula is C22H30FN3O3+2. The summed E-state index contributed by atoms with van der Waals surface area (Å²) in [5, 5.41) is 2.69. The van der Waals surface area contributed by atoms with Crippen LogP contribution in [0.3, 0.4) is 0 Å². The molecule has 1 fully saturated rings. The lowest BCUT2D eigenvalue weighted by atomic mass is 10.1. The van der Waals surface area contributed by atoms with E-state index in [4.69, 9.17) is 9.47 Å². The van der Waals surface area contributed by atoms with Crippen molar-refractivity contribution >= 4 is 11.6 Å². The summed E-state index contributed by atoms with van der Waals surface area (Å²) in [5.41, 5.74) is 2.28. The van der Waals surface area contributed by atoms with E-state index in [1.807, 2.05) is 19.1 Å². The van der Waals surface area contributed by atoms with Crippen LogP contribution in [-0.4, -0.2) is 52.9 Å². The van der Waals surface area contributed by atoms with E-state index in [-0.39, 0.29) is 11.6 Å². The Morgan fingerprint density at radius 3 is 2.34 bits per heavy atom. The largest absolute Gasteiger partial charge is 0.493 e. The number of amides is 1. The van der Waals surface area contributed by atoms with Crippen LogP contribution in [0.15, 0.2) is 36.4 Å². The summed E-state index contributed by atoms with van der Waals surface area (Å²) < 4.78 is 24.6. The predicted octanol–water partition coefficient (Wildman–Crippen LogP) is 0.0734. The van der Waals surface area contributed by atoms with E-state index in [1.54, 1.807) is 26.4 Å². The minimum atomic E-state index is -0.391. The van der Waals surface area contributed by atoms with Crippen molar-refractivity contribution in [2.45, 2.75) is 13.5 Å². The lowest BCUT2D eigenvalue weighted by Gasteiger charge is -2.29. The van der Waals surface area contributed by atoms with Crippen LogP contribution in [-0.2, 0) is 11.3 Å². The first-order valence-corrected chi connectivity index (χ1v) is 9.92. The second kappa shape index (κ2) is 9.71. The molecule has 6 nitrogen and oxygen atoms in total. The fraction of sp³-hybridized carbons (Fsp3) is 0.409. The maximum absolute atomic E-state index is 13.9. The number of nitrogens with one attached hydrogen (secondary N) is 3. The molecule has 0 radical (unpaired) electrons. The number of piperazine rings is 1. The van der Waals surface area contributed by atoms with Crippen LogP contribution in [0.25, 0.3) is 0 Å². The van der Waals surface area contributed by atoms with Crippen LogP contribution in [0.5, 0.6) is 11.5 Å². The third-order valence-corrected chi connectivity index (χ3v) is 5.38. The summed E-state index contributed by atoms with van der Waals surface area (Å²) in [6, 6.07) is 10.9. The molecule has 0 atom stereocenters. The van der Waals surface area contributed by atoms with Gasteiger partial charge in [0.15, 0.2) is 18.0 Å².